The number of benzene rings is 3. The van der Waals surface area contributed by atoms with E-state index in [0.29, 0.717) is 11.1 Å². The zero-order valence-corrected chi connectivity index (χ0v) is 24.6. The molecule has 228 valence electrons. The number of alkyl halides is 2. The number of likely N-dealkylation sites (tertiary alicyclic amines) is 1. The second-order valence-electron chi connectivity index (χ2n) is 11.6. The van der Waals surface area contributed by atoms with E-state index in [1.54, 1.807) is 43.3 Å². The minimum absolute atomic E-state index is 0.00484. The normalized spacial score (nSPS) is 18.5. The van der Waals surface area contributed by atoms with Crippen LogP contribution in [0, 0.1) is 19.3 Å². The minimum Gasteiger partial charge on any atom is -0.508 e. The van der Waals surface area contributed by atoms with E-state index in [1.807, 2.05) is 25.1 Å². The van der Waals surface area contributed by atoms with Crippen LogP contribution in [0.25, 0.3) is 0 Å². The molecule has 0 aromatic heterocycles. The Morgan fingerprint density at radius 1 is 0.977 bits per heavy atom. The Bertz CT molecular complexity index is 1490. The first-order chi connectivity index (χ1) is 20.2. The average Bonchev–Trinajstić information content (AvgIpc) is 3.16. The molecule has 3 aromatic carbocycles. The quantitative estimate of drug-likeness (QED) is 0.300. The van der Waals surface area contributed by atoms with Crippen LogP contribution in [0.1, 0.15) is 46.5 Å². The lowest BCUT2D eigenvalue weighted by atomic mass is 9.81. The number of carbonyl (C=O) groups is 3. The number of aromatic hydroxyl groups is 1. The van der Waals surface area contributed by atoms with E-state index in [2.05, 4.69) is 10.6 Å². The highest BCUT2D eigenvalue weighted by atomic mass is 19.3. The van der Waals surface area contributed by atoms with Gasteiger partial charge in [0.25, 0.3) is 17.7 Å². The van der Waals surface area contributed by atoms with E-state index in [1.165, 1.54) is 32.0 Å². The smallest absolute Gasteiger partial charge is 0.272 e. The van der Waals surface area contributed by atoms with Crippen LogP contribution in [0.2, 0.25) is 0 Å². The highest BCUT2D eigenvalue weighted by Gasteiger charge is 2.64. The molecule has 0 unspecified atom stereocenters. The predicted molar refractivity (Wildman–Crippen MR) is 158 cm³/mol. The fraction of sp³-hybridized carbons (Fsp3) is 0.364. The SMILES string of the molecule is Cc1ccccc1CNC(=O)[C@H]1N(C(=O)[C@@H](O)[C@H](Cc2ccccc2)NC(=O)c2cccc(O)c2C)CC(F)(F)C1(C)C. The fourth-order valence-electron chi connectivity index (χ4n) is 5.43. The van der Waals surface area contributed by atoms with Crippen LogP contribution < -0.4 is 10.6 Å². The maximum absolute atomic E-state index is 15.3. The first-order valence-electron chi connectivity index (χ1n) is 14.1. The van der Waals surface area contributed by atoms with Gasteiger partial charge < -0.3 is 25.7 Å². The molecule has 0 spiro atoms. The van der Waals surface area contributed by atoms with Gasteiger partial charge in [0, 0.05) is 17.7 Å². The van der Waals surface area contributed by atoms with Gasteiger partial charge in [0.15, 0.2) is 6.10 Å². The first-order valence-corrected chi connectivity index (χ1v) is 14.1. The number of hydrogen-bond donors (Lipinski definition) is 4. The van der Waals surface area contributed by atoms with E-state index < -0.39 is 53.8 Å². The summed E-state index contributed by atoms with van der Waals surface area (Å²) in [7, 11) is 0. The molecule has 1 aliphatic rings. The summed E-state index contributed by atoms with van der Waals surface area (Å²) in [6, 6.07) is 17.6. The summed E-state index contributed by atoms with van der Waals surface area (Å²) < 4.78 is 30.7. The second kappa shape index (κ2) is 12.5. The van der Waals surface area contributed by atoms with Crippen LogP contribution >= 0.6 is 0 Å². The summed E-state index contributed by atoms with van der Waals surface area (Å²) in [6.45, 7) is 4.85. The molecule has 1 aliphatic heterocycles. The van der Waals surface area contributed by atoms with Crippen LogP contribution in [-0.2, 0) is 22.6 Å². The van der Waals surface area contributed by atoms with Crippen molar-refractivity contribution < 1.29 is 33.4 Å². The fourth-order valence-corrected chi connectivity index (χ4v) is 5.43. The third-order valence-corrected chi connectivity index (χ3v) is 8.35. The van der Waals surface area contributed by atoms with E-state index >= 15 is 8.78 Å². The number of phenols is 1. The van der Waals surface area contributed by atoms with Crippen LogP contribution in [-0.4, -0.2) is 63.5 Å². The third-order valence-electron chi connectivity index (χ3n) is 8.35. The summed E-state index contributed by atoms with van der Waals surface area (Å²) in [5, 5.41) is 26.8. The molecule has 10 heteroatoms. The molecule has 43 heavy (non-hydrogen) atoms. The average molecular weight is 594 g/mol. The molecular formula is C33H37F2N3O5. The highest BCUT2D eigenvalue weighted by molar-refractivity contribution is 5.97. The number of aliphatic hydroxyl groups is 1. The van der Waals surface area contributed by atoms with Gasteiger partial charge in [-0.25, -0.2) is 8.78 Å². The number of halogens is 2. The molecule has 3 amide bonds. The number of nitrogens with zero attached hydrogens (tertiary/aromatic N) is 1. The molecule has 3 atom stereocenters. The molecule has 4 rings (SSSR count). The summed E-state index contributed by atoms with van der Waals surface area (Å²) in [5.41, 5.74) is 0.847. The van der Waals surface area contributed by atoms with Crippen molar-refractivity contribution in [1.29, 1.82) is 0 Å². The van der Waals surface area contributed by atoms with E-state index in [4.69, 9.17) is 0 Å². The summed E-state index contributed by atoms with van der Waals surface area (Å²) in [4.78, 5) is 41.2. The topological polar surface area (TPSA) is 119 Å². The third kappa shape index (κ3) is 6.54. The first kappa shape index (κ1) is 31.6. The molecule has 0 bridgehead atoms. The zero-order chi connectivity index (χ0) is 31.5. The van der Waals surface area contributed by atoms with Crippen molar-refractivity contribution in [3.63, 3.8) is 0 Å². The van der Waals surface area contributed by atoms with E-state index in [-0.39, 0.29) is 24.3 Å². The number of nitrogens with one attached hydrogen (secondary N) is 2. The van der Waals surface area contributed by atoms with Crippen molar-refractivity contribution in [2.24, 2.45) is 5.41 Å². The second-order valence-corrected chi connectivity index (χ2v) is 11.6. The minimum atomic E-state index is -3.44. The lowest BCUT2D eigenvalue weighted by Crippen LogP contribution is -2.57. The molecule has 4 N–H and O–H groups in total. The molecule has 0 aliphatic carbocycles. The van der Waals surface area contributed by atoms with E-state index in [9.17, 15) is 24.6 Å². The van der Waals surface area contributed by atoms with Gasteiger partial charge >= 0.3 is 0 Å². The Kier molecular flexibility index (Phi) is 9.20. The lowest BCUT2D eigenvalue weighted by Gasteiger charge is -2.34. The molecule has 1 fully saturated rings. The van der Waals surface area contributed by atoms with Crippen molar-refractivity contribution in [1.82, 2.24) is 15.5 Å². The maximum Gasteiger partial charge on any atom is 0.272 e. The van der Waals surface area contributed by atoms with Crippen molar-refractivity contribution in [2.45, 2.75) is 64.8 Å². The number of hydrogen-bond acceptors (Lipinski definition) is 5. The molecule has 1 heterocycles. The lowest BCUT2D eigenvalue weighted by molar-refractivity contribution is -0.148. The van der Waals surface area contributed by atoms with E-state index in [0.717, 1.165) is 16.0 Å². The molecule has 3 aromatic rings. The van der Waals surface area contributed by atoms with Gasteiger partial charge in [-0.05, 0) is 49.1 Å². The van der Waals surface area contributed by atoms with Gasteiger partial charge in [0.05, 0.1) is 18.0 Å². The molecule has 0 saturated carbocycles. The largest absolute Gasteiger partial charge is 0.508 e. The maximum atomic E-state index is 15.3. The molecular weight excluding hydrogens is 556 g/mol. The van der Waals surface area contributed by atoms with Gasteiger partial charge in [0.2, 0.25) is 5.91 Å². The Morgan fingerprint density at radius 2 is 1.63 bits per heavy atom. The van der Waals surface area contributed by atoms with Gasteiger partial charge in [-0.15, -0.1) is 0 Å². The summed E-state index contributed by atoms with van der Waals surface area (Å²) >= 11 is 0. The van der Waals surface area contributed by atoms with Crippen LogP contribution in [0.3, 0.4) is 0 Å². The van der Waals surface area contributed by atoms with Crippen molar-refractivity contribution in [2.75, 3.05) is 6.54 Å². The van der Waals surface area contributed by atoms with Gasteiger partial charge in [-0.3, -0.25) is 14.4 Å². The monoisotopic (exact) mass is 593 g/mol. The molecule has 0 radical (unpaired) electrons. The van der Waals surface area contributed by atoms with Crippen LogP contribution in [0.4, 0.5) is 8.78 Å². The predicted octanol–water partition coefficient (Wildman–Crippen LogP) is 3.90. The number of rotatable bonds is 9. The Morgan fingerprint density at radius 3 is 2.30 bits per heavy atom. The van der Waals surface area contributed by atoms with Crippen LogP contribution in [0.15, 0.2) is 72.8 Å². The standard InChI is InChI=1S/C33H37F2N3O5/c1-20-11-8-9-14-23(20)18-36-30(42)28-32(3,4)33(34,35)19-38(28)31(43)27(40)25(17-22-12-6-5-7-13-22)37-29(41)24-15-10-16-26(39)21(24)2/h5-16,25,27-28,39-40H,17-19H2,1-4H3,(H,36,42)(H,37,41)/t25-,27-,28+/m0/s1. The number of aryl methyl sites for hydroxylation is 1. The summed E-state index contributed by atoms with van der Waals surface area (Å²) in [5.74, 6) is -6.09. The summed E-state index contributed by atoms with van der Waals surface area (Å²) in [6.07, 6.45) is -1.96. The van der Waals surface area contributed by atoms with Gasteiger partial charge in [-0.1, -0.05) is 74.5 Å². The number of amides is 3. The van der Waals surface area contributed by atoms with Gasteiger partial charge in [0.1, 0.15) is 11.8 Å². The molecule has 1 saturated heterocycles. The van der Waals surface area contributed by atoms with Crippen LogP contribution in [0.5, 0.6) is 5.75 Å². The Labute approximate surface area is 249 Å². The Balaban J connectivity index is 1.62. The zero-order valence-electron chi connectivity index (χ0n) is 24.6. The number of carbonyl (C=O) groups excluding carboxylic acids is 3. The van der Waals surface area contributed by atoms with Gasteiger partial charge in [-0.2, -0.15) is 0 Å². The number of aliphatic hydroxyl groups excluding tert-OH is 1. The Hall–Kier alpha value is -4.31. The van der Waals surface area contributed by atoms with Crippen molar-refractivity contribution in [3.05, 3.63) is 101 Å². The number of phenolic OH excluding ortho intramolecular Hbond substituents is 1. The highest BCUT2D eigenvalue weighted by Crippen LogP contribution is 2.48. The molecule has 8 nitrogen and oxygen atoms in total. The van der Waals surface area contributed by atoms with Crippen molar-refractivity contribution >= 4 is 17.7 Å². The van der Waals surface area contributed by atoms with Crippen molar-refractivity contribution in [3.8, 4) is 5.75 Å².